The first-order valence-electron chi connectivity index (χ1n) is 8.36. The molecule has 0 saturated carbocycles. The highest BCUT2D eigenvalue weighted by Crippen LogP contribution is 2.40. The number of esters is 1. The zero-order valence-corrected chi connectivity index (χ0v) is 17.1. The maximum absolute atomic E-state index is 12.2. The quantitative estimate of drug-likeness (QED) is 0.420. The Balaban J connectivity index is 2.64. The number of ether oxygens (including phenoxy) is 3. The van der Waals surface area contributed by atoms with Crippen molar-refractivity contribution in [1.82, 2.24) is 0 Å². The molecule has 0 bridgehead atoms. The number of carbonyl (C=O) groups excluding carboxylic acids is 1. The van der Waals surface area contributed by atoms with Crippen LogP contribution >= 0.6 is 22.6 Å². The molecule has 0 N–H and O–H groups in total. The number of hydrogen-bond donors (Lipinski definition) is 0. The molecule has 0 unspecified atom stereocenters. The first kappa shape index (κ1) is 19.6. The molecule has 2 rings (SSSR count). The number of halogens is 1. The van der Waals surface area contributed by atoms with Crippen LogP contribution < -0.4 is 9.47 Å². The van der Waals surface area contributed by atoms with Crippen molar-refractivity contribution in [3.8, 4) is 22.6 Å². The number of benzene rings is 2. The van der Waals surface area contributed by atoms with Gasteiger partial charge in [-0.1, -0.05) is 12.1 Å². The van der Waals surface area contributed by atoms with Gasteiger partial charge < -0.3 is 14.2 Å². The summed E-state index contributed by atoms with van der Waals surface area (Å²) in [5, 5.41) is 0. The van der Waals surface area contributed by atoms with Gasteiger partial charge in [-0.05, 0) is 80.1 Å². The summed E-state index contributed by atoms with van der Waals surface area (Å²) < 4.78 is 18.1. The second kappa shape index (κ2) is 9.08. The lowest BCUT2D eigenvalue weighted by molar-refractivity contribution is 0.0525. The van der Waals surface area contributed by atoms with E-state index >= 15 is 0 Å². The summed E-state index contributed by atoms with van der Waals surface area (Å²) >= 11 is 2.27. The molecule has 5 heteroatoms. The summed E-state index contributed by atoms with van der Waals surface area (Å²) in [5.41, 5.74) is 2.25. The largest absolute Gasteiger partial charge is 0.493 e. The Bertz CT molecular complexity index is 723. The van der Waals surface area contributed by atoms with E-state index in [9.17, 15) is 4.79 Å². The van der Waals surface area contributed by atoms with Gasteiger partial charge in [0.05, 0.1) is 30.4 Å². The van der Waals surface area contributed by atoms with Gasteiger partial charge in [0.2, 0.25) is 0 Å². The smallest absolute Gasteiger partial charge is 0.338 e. The van der Waals surface area contributed by atoms with Crippen molar-refractivity contribution in [3.05, 3.63) is 45.5 Å². The number of carbonyl (C=O) groups is 1. The van der Waals surface area contributed by atoms with Crippen LogP contribution in [-0.2, 0) is 4.74 Å². The lowest BCUT2D eigenvalue weighted by atomic mass is 10.0. The molecule has 0 radical (unpaired) electrons. The van der Waals surface area contributed by atoms with Gasteiger partial charge in [-0.15, -0.1) is 0 Å². The lowest BCUT2D eigenvalue weighted by Gasteiger charge is -2.19. The van der Waals surface area contributed by atoms with Crippen molar-refractivity contribution in [3.63, 3.8) is 0 Å². The summed E-state index contributed by atoms with van der Waals surface area (Å²) in [6, 6.07) is 11.6. The molecule has 4 nitrogen and oxygen atoms in total. The summed E-state index contributed by atoms with van der Waals surface area (Å²) in [4.78, 5) is 12.2. The highest BCUT2D eigenvalue weighted by molar-refractivity contribution is 14.1. The van der Waals surface area contributed by atoms with Crippen LogP contribution in [0, 0.1) is 3.57 Å². The highest BCUT2D eigenvalue weighted by atomic mass is 127. The molecular formula is C20H23IO4. The van der Waals surface area contributed by atoms with Crippen molar-refractivity contribution < 1.29 is 19.0 Å². The fraction of sp³-hybridized carbons (Fsp3) is 0.350. The van der Waals surface area contributed by atoms with E-state index in [-0.39, 0.29) is 12.1 Å². The Morgan fingerprint density at radius 3 is 2.24 bits per heavy atom. The minimum Gasteiger partial charge on any atom is -0.493 e. The molecule has 0 aliphatic rings. The third-order valence-corrected chi connectivity index (χ3v) is 4.09. The van der Waals surface area contributed by atoms with Crippen molar-refractivity contribution in [2.75, 3.05) is 13.2 Å². The van der Waals surface area contributed by atoms with Crippen LogP contribution in [0.3, 0.4) is 0 Å². The van der Waals surface area contributed by atoms with Crippen LogP contribution in [-0.4, -0.2) is 25.3 Å². The molecule has 25 heavy (non-hydrogen) atoms. The van der Waals surface area contributed by atoms with Crippen LogP contribution in [0.5, 0.6) is 11.5 Å². The lowest BCUT2D eigenvalue weighted by Crippen LogP contribution is -2.11. The van der Waals surface area contributed by atoms with E-state index in [1.807, 2.05) is 45.0 Å². The Hall–Kier alpha value is -1.76. The molecular weight excluding hydrogens is 431 g/mol. The van der Waals surface area contributed by atoms with Crippen LogP contribution in [0.1, 0.15) is 38.1 Å². The first-order chi connectivity index (χ1) is 12.0. The number of rotatable bonds is 7. The summed E-state index contributed by atoms with van der Waals surface area (Å²) in [5.74, 6) is 0.848. The van der Waals surface area contributed by atoms with E-state index in [1.165, 1.54) is 0 Å². The van der Waals surface area contributed by atoms with Gasteiger partial charge in [0.15, 0.2) is 0 Å². The predicted octanol–water partition coefficient (Wildman–Crippen LogP) is 5.32. The molecule has 2 aromatic rings. The molecule has 0 saturated heterocycles. The molecule has 0 atom stereocenters. The van der Waals surface area contributed by atoms with Gasteiger partial charge in [0.1, 0.15) is 11.5 Å². The van der Waals surface area contributed by atoms with Crippen molar-refractivity contribution >= 4 is 28.6 Å². The molecule has 0 aliphatic heterocycles. The van der Waals surface area contributed by atoms with Crippen LogP contribution in [0.2, 0.25) is 0 Å². The molecule has 0 aromatic heterocycles. The standard InChI is InChI=1S/C20H23IO4/c1-5-23-17-11-15(20(22)24-6-2)12-18(25-13(3)4)19(17)14-7-9-16(21)10-8-14/h7-13H,5-6H2,1-4H3. The zero-order chi connectivity index (χ0) is 18.4. The first-order valence-corrected chi connectivity index (χ1v) is 9.44. The van der Waals surface area contributed by atoms with Crippen LogP contribution in [0.4, 0.5) is 0 Å². The minimum atomic E-state index is -0.383. The molecule has 2 aromatic carbocycles. The Labute approximate surface area is 162 Å². The van der Waals surface area contributed by atoms with Gasteiger partial charge in [0, 0.05) is 3.57 Å². The second-order valence-corrected chi connectivity index (χ2v) is 6.92. The van der Waals surface area contributed by atoms with Crippen LogP contribution in [0.25, 0.3) is 11.1 Å². The molecule has 0 spiro atoms. The average molecular weight is 454 g/mol. The fourth-order valence-electron chi connectivity index (χ4n) is 2.44. The van der Waals surface area contributed by atoms with E-state index in [0.717, 1.165) is 14.7 Å². The SMILES string of the molecule is CCOC(=O)c1cc(OCC)c(-c2ccc(I)cc2)c(OC(C)C)c1. The zero-order valence-electron chi connectivity index (χ0n) is 15.0. The normalized spacial score (nSPS) is 10.6. The third-order valence-electron chi connectivity index (χ3n) is 3.37. The van der Waals surface area contributed by atoms with E-state index < -0.39 is 0 Å². The average Bonchev–Trinajstić information content (AvgIpc) is 2.56. The fourth-order valence-corrected chi connectivity index (χ4v) is 2.80. The van der Waals surface area contributed by atoms with Crippen molar-refractivity contribution in [2.45, 2.75) is 33.8 Å². The predicted molar refractivity (Wildman–Crippen MR) is 107 cm³/mol. The van der Waals surface area contributed by atoms with Gasteiger partial charge in [-0.2, -0.15) is 0 Å². The Morgan fingerprint density at radius 2 is 1.68 bits per heavy atom. The molecule has 134 valence electrons. The van der Waals surface area contributed by atoms with E-state index in [1.54, 1.807) is 19.1 Å². The summed E-state index contributed by atoms with van der Waals surface area (Å²) in [6.45, 7) is 8.42. The van der Waals surface area contributed by atoms with Crippen molar-refractivity contribution in [1.29, 1.82) is 0 Å². The minimum absolute atomic E-state index is 0.0329. The maximum atomic E-state index is 12.2. The monoisotopic (exact) mass is 454 g/mol. The Morgan fingerprint density at radius 1 is 1.04 bits per heavy atom. The maximum Gasteiger partial charge on any atom is 0.338 e. The molecule has 0 aliphatic carbocycles. The van der Waals surface area contributed by atoms with E-state index in [0.29, 0.717) is 30.3 Å². The molecule has 0 fully saturated rings. The summed E-state index contributed by atoms with van der Waals surface area (Å²) in [6.07, 6.45) is -0.0329. The van der Waals surface area contributed by atoms with Gasteiger partial charge in [-0.25, -0.2) is 4.79 Å². The van der Waals surface area contributed by atoms with E-state index in [2.05, 4.69) is 22.6 Å². The topological polar surface area (TPSA) is 44.8 Å². The third kappa shape index (κ3) is 5.11. The van der Waals surface area contributed by atoms with Crippen molar-refractivity contribution in [2.24, 2.45) is 0 Å². The van der Waals surface area contributed by atoms with E-state index in [4.69, 9.17) is 14.2 Å². The summed E-state index contributed by atoms with van der Waals surface area (Å²) in [7, 11) is 0. The molecule has 0 amide bonds. The van der Waals surface area contributed by atoms with Gasteiger partial charge >= 0.3 is 5.97 Å². The molecule has 0 heterocycles. The Kier molecular flexibility index (Phi) is 7.11. The van der Waals surface area contributed by atoms with Gasteiger partial charge in [0.25, 0.3) is 0 Å². The van der Waals surface area contributed by atoms with Gasteiger partial charge in [-0.3, -0.25) is 0 Å². The number of hydrogen-bond acceptors (Lipinski definition) is 4. The highest BCUT2D eigenvalue weighted by Gasteiger charge is 2.20. The second-order valence-electron chi connectivity index (χ2n) is 5.67. The van der Waals surface area contributed by atoms with Crippen LogP contribution in [0.15, 0.2) is 36.4 Å².